The van der Waals surface area contributed by atoms with Crippen LogP contribution in [0.2, 0.25) is 0 Å². The molecule has 0 spiro atoms. The van der Waals surface area contributed by atoms with Crippen molar-refractivity contribution in [1.82, 2.24) is 9.80 Å². The molecular formula is C18H36N2O. The zero-order valence-corrected chi connectivity index (χ0v) is 14.8. The van der Waals surface area contributed by atoms with Gasteiger partial charge in [-0.05, 0) is 64.1 Å². The number of nitrogens with zero attached hydrogens (tertiary/aromatic N) is 2. The lowest BCUT2D eigenvalue weighted by Crippen LogP contribution is -2.50. The predicted molar refractivity (Wildman–Crippen MR) is 89.5 cm³/mol. The zero-order chi connectivity index (χ0) is 15.6. The van der Waals surface area contributed by atoms with E-state index in [0.29, 0.717) is 17.5 Å². The molecule has 124 valence electrons. The molecule has 3 heteroatoms. The standard InChI is InChI=1S/C18H36N2O/c1-6-18(2,3)14-9-10-17(21)16(12-14)20(5)13-15-8-7-11-19(15)4/h14-17,21H,6-13H2,1-5H3. The summed E-state index contributed by atoms with van der Waals surface area (Å²) in [6, 6.07) is 1.03. The van der Waals surface area contributed by atoms with Crippen LogP contribution in [0.1, 0.15) is 59.3 Å². The van der Waals surface area contributed by atoms with Gasteiger partial charge in [0.05, 0.1) is 6.10 Å². The van der Waals surface area contributed by atoms with E-state index in [4.69, 9.17) is 0 Å². The molecule has 0 bridgehead atoms. The van der Waals surface area contributed by atoms with E-state index in [2.05, 4.69) is 44.7 Å². The molecule has 1 aliphatic heterocycles. The van der Waals surface area contributed by atoms with Crippen LogP contribution in [0.5, 0.6) is 0 Å². The molecule has 0 aromatic carbocycles. The van der Waals surface area contributed by atoms with Crippen molar-refractivity contribution < 1.29 is 5.11 Å². The Balaban J connectivity index is 1.96. The number of hydrogen-bond acceptors (Lipinski definition) is 3. The molecule has 1 N–H and O–H groups in total. The van der Waals surface area contributed by atoms with E-state index in [0.717, 1.165) is 25.3 Å². The summed E-state index contributed by atoms with van der Waals surface area (Å²) in [4.78, 5) is 4.94. The second kappa shape index (κ2) is 6.97. The van der Waals surface area contributed by atoms with Crippen LogP contribution < -0.4 is 0 Å². The van der Waals surface area contributed by atoms with E-state index in [1.54, 1.807) is 0 Å². The first kappa shape index (κ1) is 17.2. The monoisotopic (exact) mass is 296 g/mol. The molecule has 0 radical (unpaired) electrons. The lowest BCUT2D eigenvalue weighted by atomic mass is 9.67. The summed E-state index contributed by atoms with van der Waals surface area (Å²) < 4.78 is 0. The lowest BCUT2D eigenvalue weighted by Gasteiger charge is -2.45. The average molecular weight is 296 g/mol. The first-order valence-corrected chi connectivity index (χ1v) is 8.93. The van der Waals surface area contributed by atoms with Crippen molar-refractivity contribution in [2.75, 3.05) is 27.2 Å². The molecule has 4 unspecified atom stereocenters. The molecule has 2 rings (SSSR count). The molecule has 2 fully saturated rings. The maximum atomic E-state index is 10.5. The summed E-state index contributed by atoms with van der Waals surface area (Å²) in [7, 11) is 4.47. The third kappa shape index (κ3) is 4.00. The Bertz CT molecular complexity index is 331. The molecule has 0 amide bonds. The quantitative estimate of drug-likeness (QED) is 0.845. The van der Waals surface area contributed by atoms with Gasteiger partial charge in [-0.1, -0.05) is 27.2 Å². The van der Waals surface area contributed by atoms with E-state index >= 15 is 0 Å². The number of rotatable bonds is 5. The van der Waals surface area contributed by atoms with Crippen molar-refractivity contribution in [1.29, 1.82) is 0 Å². The minimum atomic E-state index is -0.134. The first-order chi connectivity index (χ1) is 9.85. The van der Waals surface area contributed by atoms with Gasteiger partial charge in [-0.15, -0.1) is 0 Å². The van der Waals surface area contributed by atoms with Gasteiger partial charge >= 0.3 is 0 Å². The number of likely N-dealkylation sites (tertiary alicyclic amines) is 1. The van der Waals surface area contributed by atoms with Gasteiger partial charge in [0.15, 0.2) is 0 Å². The van der Waals surface area contributed by atoms with Gasteiger partial charge in [0.25, 0.3) is 0 Å². The molecule has 1 heterocycles. The normalized spacial score (nSPS) is 35.6. The summed E-state index contributed by atoms with van der Waals surface area (Å²) in [5, 5.41) is 10.5. The van der Waals surface area contributed by atoms with E-state index in [9.17, 15) is 5.11 Å². The van der Waals surface area contributed by atoms with Gasteiger partial charge in [-0.25, -0.2) is 0 Å². The van der Waals surface area contributed by atoms with Crippen LogP contribution >= 0.6 is 0 Å². The molecule has 0 aromatic heterocycles. The van der Waals surface area contributed by atoms with Crippen LogP contribution in [-0.2, 0) is 0 Å². The van der Waals surface area contributed by atoms with Crippen LogP contribution in [0.25, 0.3) is 0 Å². The third-order valence-electron chi connectivity index (χ3n) is 6.53. The highest BCUT2D eigenvalue weighted by atomic mass is 16.3. The molecule has 21 heavy (non-hydrogen) atoms. The molecule has 2 aliphatic rings. The van der Waals surface area contributed by atoms with Crippen LogP contribution in [0.4, 0.5) is 0 Å². The van der Waals surface area contributed by atoms with E-state index in [-0.39, 0.29) is 6.10 Å². The molecular weight excluding hydrogens is 260 g/mol. The Hall–Kier alpha value is -0.120. The fourth-order valence-electron chi connectivity index (χ4n) is 4.28. The van der Waals surface area contributed by atoms with Gasteiger partial charge in [0, 0.05) is 18.6 Å². The Morgan fingerprint density at radius 2 is 1.95 bits per heavy atom. The maximum Gasteiger partial charge on any atom is 0.0695 e. The summed E-state index contributed by atoms with van der Waals surface area (Å²) in [6.07, 6.45) is 7.07. The van der Waals surface area contributed by atoms with Crippen molar-refractivity contribution in [2.24, 2.45) is 11.3 Å². The summed E-state index contributed by atoms with van der Waals surface area (Å²) in [6.45, 7) is 9.44. The van der Waals surface area contributed by atoms with Crippen molar-refractivity contribution in [3.8, 4) is 0 Å². The highest BCUT2D eigenvalue weighted by molar-refractivity contribution is 4.92. The molecule has 1 aliphatic carbocycles. The second-order valence-corrected chi connectivity index (χ2v) is 8.20. The van der Waals surface area contributed by atoms with Crippen LogP contribution in [-0.4, -0.2) is 60.3 Å². The largest absolute Gasteiger partial charge is 0.391 e. The highest BCUT2D eigenvalue weighted by Crippen LogP contribution is 2.41. The minimum Gasteiger partial charge on any atom is -0.391 e. The SMILES string of the molecule is CCC(C)(C)C1CCC(O)C(N(C)CC2CCCN2C)C1. The predicted octanol–water partition coefficient (Wildman–Crippen LogP) is 2.98. The Kier molecular flexibility index (Phi) is 5.72. The molecule has 4 atom stereocenters. The second-order valence-electron chi connectivity index (χ2n) is 8.20. The third-order valence-corrected chi connectivity index (χ3v) is 6.53. The summed E-state index contributed by atoms with van der Waals surface area (Å²) >= 11 is 0. The van der Waals surface area contributed by atoms with Gasteiger partial charge in [-0.2, -0.15) is 0 Å². The van der Waals surface area contributed by atoms with Crippen LogP contribution in [0.15, 0.2) is 0 Å². The number of aliphatic hydroxyl groups excluding tert-OH is 1. The fourth-order valence-corrected chi connectivity index (χ4v) is 4.28. The van der Waals surface area contributed by atoms with Crippen molar-refractivity contribution in [3.05, 3.63) is 0 Å². The topological polar surface area (TPSA) is 26.7 Å². The molecule has 0 aromatic rings. The molecule has 1 saturated heterocycles. The van der Waals surface area contributed by atoms with E-state index in [1.165, 1.54) is 32.2 Å². The number of aliphatic hydroxyl groups is 1. The average Bonchev–Trinajstić information content (AvgIpc) is 2.84. The van der Waals surface area contributed by atoms with Crippen molar-refractivity contribution in [3.63, 3.8) is 0 Å². The Morgan fingerprint density at radius 3 is 2.52 bits per heavy atom. The Labute approximate surface area is 131 Å². The summed E-state index contributed by atoms with van der Waals surface area (Å²) in [5.74, 6) is 0.750. The lowest BCUT2D eigenvalue weighted by molar-refractivity contribution is -0.0170. The van der Waals surface area contributed by atoms with Crippen LogP contribution in [0.3, 0.4) is 0 Å². The van der Waals surface area contributed by atoms with Gasteiger partial charge in [0.1, 0.15) is 0 Å². The number of hydrogen-bond donors (Lipinski definition) is 1. The fraction of sp³-hybridized carbons (Fsp3) is 1.00. The Morgan fingerprint density at radius 1 is 1.24 bits per heavy atom. The van der Waals surface area contributed by atoms with Gasteiger partial charge in [-0.3, -0.25) is 4.90 Å². The first-order valence-electron chi connectivity index (χ1n) is 8.93. The minimum absolute atomic E-state index is 0.134. The van der Waals surface area contributed by atoms with Gasteiger partial charge < -0.3 is 10.0 Å². The molecule has 3 nitrogen and oxygen atoms in total. The summed E-state index contributed by atoms with van der Waals surface area (Å²) in [5.41, 5.74) is 0.406. The maximum absolute atomic E-state index is 10.5. The smallest absolute Gasteiger partial charge is 0.0695 e. The van der Waals surface area contributed by atoms with Crippen molar-refractivity contribution >= 4 is 0 Å². The highest BCUT2D eigenvalue weighted by Gasteiger charge is 2.38. The van der Waals surface area contributed by atoms with Crippen LogP contribution in [0, 0.1) is 11.3 Å². The molecule has 1 saturated carbocycles. The van der Waals surface area contributed by atoms with E-state index < -0.39 is 0 Å². The van der Waals surface area contributed by atoms with E-state index in [1.807, 2.05) is 0 Å². The number of likely N-dealkylation sites (N-methyl/N-ethyl adjacent to an activating group) is 2. The van der Waals surface area contributed by atoms with Gasteiger partial charge in [0.2, 0.25) is 0 Å². The zero-order valence-electron chi connectivity index (χ0n) is 14.8. The van der Waals surface area contributed by atoms with Crippen molar-refractivity contribution in [2.45, 2.75) is 77.5 Å².